The van der Waals surface area contributed by atoms with Gasteiger partial charge in [0.05, 0.1) is 27.7 Å². The Morgan fingerprint density at radius 3 is 1.09 bits per heavy atom. The minimum Gasteiger partial charge on any atom is -0.756 e. The maximum absolute atomic E-state index is 12.7. The number of carbonyl (C=O) groups is 2. The number of rotatable bonds is 58. The molecule has 2 atom stereocenters. The Hall–Kier alpha value is -2.55. The molecule has 442 valence electrons. The van der Waals surface area contributed by atoms with Crippen molar-refractivity contribution in [3.8, 4) is 0 Å². The van der Waals surface area contributed by atoms with Crippen molar-refractivity contribution in [3.05, 3.63) is 72.9 Å². The lowest BCUT2D eigenvalue weighted by molar-refractivity contribution is -0.870. The average Bonchev–Trinajstić information content (AvgIpc) is 3.38. The van der Waals surface area contributed by atoms with Gasteiger partial charge in [-0.2, -0.15) is 0 Å². The van der Waals surface area contributed by atoms with Gasteiger partial charge in [0, 0.05) is 12.8 Å². The lowest BCUT2D eigenvalue weighted by Crippen LogP contribution is -2.37. The molecule has 0 bridgehead atoms. The number of esters is 2. The molecule has 0 heterocycles. The molecule has 0 aromatic heterocycles. The highest BCUT2D eigenvalue weighted by Crippen LogP contribution is 2.38. The number of allylic oxidation sites excluding steroid dienone is 12. The summed E-state index contributed by atoms with van der Waals surface area (Å²) in [6.07, 6.45) is 75.8. The smallest absolute Gasteiger partial charge is 0.306 e. The molecule has 0 aromatic carbocycles. The van der Waals surface area contributed by atoms with Crippen LogP contribution in [0.15, 0.2) is 72.9 Å². The fourth-order valence-corrected chi connectivity index (χ4v) is 9.65. The van der Waals surface area contributed by atoms with E-state index in [9.17, 15) is 19.0 Å². The number of phosphoric ester groups is 1. The highest BCUT2D eigenvalue weighted by molar-refractivity contribution is 7.45. The van der Waals surface area contributed by atoms with Crippen molar-refractivity contribution in [1.82, 2.24) is 0 Å². The van der Waals surface area contributed by atoms with E-state index in [4.69, 9.17) is 18.5 Å². The van der Waals surface area contributed by atoms with Crippen LogP contribution in [0.3, 0.4) is 0 Å². The number of ether oxygens (including phenoxy) is 2. The fourth-order valence-electron chi connectivity index (χ4n) is 8.92. The summed E-state index contributed by atoms with van der Waals surface area (Å²) in [5.41, 5.74) is 0. The van der Waals surface area contributed by atoms with E-state index in [2.05, 4.69) is 74.6 Å². The number of quaternary nitrogens is 1. The third-order valence-electron chi connectivity index (χ3n) is 13.8. The molecule has 0 spiro atoms. The molecule has 0 saturated heterocycles. The van der Waals surface area contributed by atoms with Gasteiger partial charge in [0.25, 0.3) is 7.82 Å². The molecule has 0 aromatic rings. The summed E-state index contributed by atoms with van der Waals surface area (Å²) in [6.45, 7) is 4.07. The summed E-state index contributed by atoms with van der Waals surface area (Å²) in [5, 5.41) is 0. The van der Waals surface area contributed by atoms with Crippen LogP contribution in [-0.2, 0) is 32.7 Å². The Balaban J connectivity index is 4.06. The van der Waals surface area contributed by atoms with Gasteiger partial charge < -0.3 is 27.9 Å². The van der Waals surface area contributed by atoms with Crippen LogP contribution in [0.5, 0.6) is 0 Å². The molecule has 2 unspecified atom stereocenters. The Morgan fingerprint density at radius 1 is 0.421 bits per heavy atom. The number of phosphoric acid groups is 1. The predicted molar refractivity (Wildman–Crippen MR) is 323 cm³/mol. The number of likely N-dealkylation sites (N-methyl/N-ethyl adjacent to an activating group) is 1. The second-order valence-corrected chi connectivity index (χ2v) is 23.8. The summed E-state index contributed by atoms with van der Waals surface area (Å²) >= 11 is 0. The van der Waals surface area contributed by atoms with Crippen LogP contribution < -0.4 is 4.89 Å². The zero-order valence-corrected chi connectivity index (χ0v) is 51.1. The average molecular weight is 1090 g/mol. The quantitative estimate of drug-likeness (QED) is 0.0195. The van der Waals surface area contributed by atoms with Crippen molar-refractivity contribution in [3.63, 3.8) is 0 Å². The first-order valence-electron chi connectivity index (χ1n) is 31.6. The van der Waals surface area contributed by atoms with Crippen LogP contribution >= 0.6 is 7.82 Å². The van der Waals surface area contributed by atoms with Gasteiger partial charge in [-0.1, -0.05) is 292 Å². The van der Waals surface area contributed by atoms with Gasteiger partial charge in [0.1, 0.15) is 19.8 Å². The van der Waals surface area contributed by atoms with Crippen LogP contribution in [-0.4, -0.2) is 70.0 Å². The van der Waals surface area contributed by atoms with Gasteiger partial charge in [-0.05, 0) is 51.4 Å². The summed E-state index contributed by atoms with van der Waals surface area (Å²) in [6, 6.07) is 0. The lowest BCUT2D eigenvalue weighted by atomic mass is 10.0. The highest BCUT2D eigenvalue weighted by Gasteiger charge is 2.21. The van der Waals surface area contributed by atoms with Crippen molar-refractivity contribution >= 4 is 19.8 Å². The lowest BCUT2D eigenvalue weighted by Gasteiger charge is -2.28. The molecular formula is C66H120NO8P. The van der Waals surface area contributed by atoms with Crippen molar-refractivity contribution in [2.45, 2.75) is 290 Å². The van der Waals surface area contributed by atoms with E-state index in [0.717, 1.165) is 57.8 Å². The molecule has 0 rings (SSSR count). The van der Waals surface area contributed by atoms with Gasteiger partial charge in [-0.3, -0.25) is 14.2 Å². The Labute approximate surface area is 469 Å². The topological polar surface area (TPSA) is 111 Å². The molecule has 0 amide bonds. The molecule has 0 radical (unpaired) electrons. The molecule has 10 heteroatoms. The summed E-state index contributed by atoms with van der Waals surface area (Å²) in [5.74, 6) is -0.924. The van der Waals surface area contributed by atoms with Crippen molar-refractivity contribution < 1.29 is 42.1 Å². The monoisotopic (exact) mass is 1090 g/mol. The van der Waals surface area contributed by atoms with Gasteiger partial charge >= 0.3 is 11.9 Å². The normalized spacial score (nSPS) is 13.7. The molecule has 0 fully saturated rings. The number of hydrogen-bond acceptors (Lipinski definition) is 8. The molecule has 0 aliphatic carbocycles. The van der Waals surface area contributed by atoms with Gasteiger partial charge in [-0.15, -0.1) is 0 Å². The van der Waals surface area contributed by atoms with Crippen molar-refractivity contribution in [1.29, 1.82) is 0 Å². The number of unbranched alkanes of at least 4 members (excludes halogenated alkanes) is 32. The zero-order valence-electron chi connectivity index (χ0n) is 50.2. The van der Waals surface area contributed by atoms with E-state index in [0.29, 0.717) is 17.4 Å². The Morgan fingerprint density at radius 2 is 0.750 bits per heavy atom. The van der Waals surface area contributed by atoms with Crippen LogP contribution in [0.1, 0.15) is 284 Å². The molecule has 0 aliphatic rings. The Kier molecular flexibility index (Phi) is 55.2. The highest BCUT2D eigenvalue weighted by atomic mass is 31.2. The SMILES string of the molecule is CC/C=C\C/C=C\C/C=C\C/C=C\C/C=C\C/C=C\CCC(=O)OC(COC(=O)CCCCCCCCCCCCCCCCCCCCCCCCCCCCCCCCCCC)COP(=O)([O-])OCC[N+](C)(C)C. The first-order chi connectivity index (χ1) is 37.0. The fraction of sp³-hybridized carbons (Fsp3) is 0.788. The van der Waals surface area contributed by atoms with E-state index < -0.39 is 32.5 Å². The third-order valence-corrected chi connectivity index (χ3v) is 14.7. The minimum atomic E-state index is -4.66. The van der Waals surface area contributed by atoms with E-state index >= 15 is 0 Å². The second kappa shape index (κ2) is 57.1. The summed E-state index contributed by atoms with van der Waals surface area (Å²) < 4.78 is 34.1. The Bertz CT molecular complexity index is 1510. The molecular weight excluding hydrogens is 966 g/mol. The first kappa shape index (κ1) is 73.5. The largest absolute Gasteiger partial charge is 0.756 e. The van der Waals surface area contributed by atoms with E-state index in [-0.39, 0.29) is 26.1 Å². The van der Waals surface area contributed by atoms with Crippen LogP contribution in [0.2, 0.25) is 0 Å². The molecule has 0 saturated carbocycles. The first-order valence-corrected chi connectivity index (χ1v) is 33.1. The number of carbonyl (C=O) groups excluding carboxylic acids is 2. The molecule has 0 aliphatic heterocycles. The molecule has 0 N–H and O–H groups in total. The van der Waals surface area contributed by atoms with Gasteiger partial charge in [0.15, 0.2) is 6.10 Å². The van der Waals surface area contributed by atoms with Crippen LogP contribution in [0, 0.1) is 0 Å². The molecule has 9 nitrogen and oxygen atoms in total. The summed E-state index contributed by atoms with van der Waals surface area (Å²) in [4.78, 5) is 37.8. The van der Waals surface area contributed by atoms with Crippen LogP contribution in [0.4, 0.5) is 0 Å². The minimum absolute atomic E-state index is 0.0462. The maximum atomic E-state index is 12.7. The number of hydrogen-bond donors (Lipinski definition) is 0. The molecule has 76 heavy (non-hydrogen) atoms. The summed E-state index contributed by atoms with van der Waals surface area (Å²) in [7, 11) is 1.12. The zero-order chi connectivity index (χ0) is 55.6. The standard InChI is InChI=1S/C66H120NO8P/c1-6-8-10-12-14-16-18-20-22-24-26-27-28-29-30-31-32-33-34-35-36-37-38-39-41-42-44-46-48-50-52-54-56-58-65(68)72-62-64(63-74-76(70,71)73-61-60-67(3,4)5)75-66(69)59-57-55-53-51-49-47-45-43-40-25-23-21-19-17-15-13-11-9-7-2/h9,11,15,17,21,23,40,43,47,49,53,55,64H,6-8,10,12-14,16,18-20,22,24-39,41-42,44-46,48,50-52,54,56-63H2,1-5H3/b11-9-,17-15-,23-21-,43-40-,49-47-,55-53-. The van der Waals surface area contributed by atoms with E-state index in [1.807, 2.05) is 33.3 Å². The van der Waals surface area contributed by atoms with Crippen molar-refractivity contribution in [2.24, 2.45) is 0 Å². The number of nitrogens with zero attached hydrogens (tertiary/aromatic N) is 1. The maximum Gasteiger partial charge on any atom is 0.306 e. The van der Waals surface area contributed by atoms with Gasteiger partial charge in [-0.25, -0.2) is 0 Å². The van der Waals surface area contributed by atoms with E-state index in [1.54, 1.807) is 0 Å². The van der Waals surface area contributed by atoms with Crippen LogP contribution in [0.25, 0.3) is 0 Å². The predicted octanol–water partition coefficient (Wildman–Crippen LogP) is 19.4. The van der Waals surface area contributed by atoms with E-state index in [1.165, 1.54) is 193 Å². The third kappa shape index (κ3) is 60.7. The second-order valence-electron chi connectivity index (χ2n) is 22.4. The van der Waals surface area contributed by atoms with Crippen molar-refractivity contribution in [2.75, 3.05) is 47.5 Å². The van der Waals surface area contributed by atoms with Gasteiger partial charge in [0.2, 0.25) is 0 Å².